The molecule has 0 aliphatic rings. The van der Waals surface area contributed by atoms with Gasteiger partial charge in [0.15, 0.2) is 0 Å². The van der Waals surface area contributed by atoms with E-state index >= 15 is 0 Å². The maximum absolute atomic E-state index is 9.48. The van der Waals surface area contributed by atoms with Crippen LogP contribution in [0.15, 0.2) is 48.5 Å². The molecule has 1 heterocycles. The van der Waals surface area contributed by atoms with Crippen LogP contribution in [0.1, 0.15) is 17.0 Å². The zero-order chi connectivity index (χ0) is 13.2. The number of aromatic nitrogens is 2. The van der Waals surface area contributed by atoms with Gasteiger partial charge in [-0.1, -0.05) is 36.4 Å². The fraction of sp³-hybridized carbons (Fsp3) is 0.188. The maximum Gasteiger partial charge on any atom is 0.136 e. The number of imidazole rings is 1. The van der Waals surface area contributed by atoms with Crippen molar-refractivity contribution in [2.24, 2.45) is 0 Å². The number of nitrogens with zero attached hydrogens (tertiary/aromatic N) is 2. The van der Waals surface area contributed by atoms with Crippen LogP contribution in [0.3, 0.4) is 0 Å². The third kappa shape index (κ3) is 2.25. The van der Waals surface area contributed by atoms with Crippen molar-refractivity contribution in [3.8, 4) is 0 Å². The molecule has 0 bridgehead atoms. The summed E-state index contributed by atoms with van der Waals surface area (Å²) in [6.45, 7) is 2.74. The number of aryl methyl sites for hydroxylation is 1. The van der Waals surface area contributed by atoms with Gasteiger partial charge in [-0.25, -0.2) is 4.98 Å². The Morgan fingerprint density at radius 1 is 1.11 bits per heavy atom. The van der Waals surface area contributed by atoms with Gasteiger partial charge in [0.05, 0.1) is 11.0 Å². The zero-order valence-electron chi connectivity index (χ0n) is 10.9. The van der Waals surface area contributed by atoms with Crippen molar-refractivity contribution < 1.29 is 5.11 Å². The van der Waals surface area contributed by atoms with E-state index in [0.717, 1.165) is 17.6 Å². The van der Waals surface area contributed by atoms with Gasteiger partial charge in [0.1, 0.15) is 12.4 Å². The van der Waals surface area contributed by atoms with E-state index < -0.39 is 0 Å². The van der Waals surface area contributed by atoms with Crippen molar-refractivity contribution in [2.75, 3.05) is 0 Å². The van der Waals surface area contributed by atoms with Gasteiger partial charge in [0, 0.05) is 6.54 Å². The van der Waals surface area contributed by atoms with Crippen molar-refractivity contribution in [2.45, 2.75) is 20.1 Å². The van der Waals surface area contributed by atoms with E-state index in [-0.39, 0.29) is 6.61 Å². The Hall–Kier alpha value is -2.13. The Balaban J connectivity index is 2.11. The summed E-state index contributed by atoms with van der Waals surface area (Å²) in [7, 11) is 0. The Morgan fingerprint density at radius 2 is 1.89 bits per heavy atom. The standard InChI is InChI=1S/C16H16N2O/c1-12-7-8-15-14(9-12)17-16(11-19)18(15)10-13-5-3-2-4-6-13/h2-9,19H,10-11H2,1H3. The average molecular weight is 252 g/mol. The Kier molecular flexibility index (Phi) is 3.05. The quantitative estimate of drug-likeness (QED) is 0.778. The van der Waals surface area contributed by atoms with Gasteiger partial charge in [-0.2, -0.15) is 0 Å². The van der Waals surface area contributed by atoms with Crippen LogP contribution >= 0.6 is 0 Å². The van der Waals surface area contributed by atoms with E-state index in [4.69, 9.17) is 0 Å². The molecule has 3 rings (SSSR count). The summed E-state index contributed by atoms with van der Waals surface area (Å²) < 4.78 is 2.07. The van der Waals surface area contributed by atoms with E-state index in [0.29, 0.717) is 5.82 Å². The number of aliphatic hydroxyl groups excluding tert-OH is 1. The molecule has 1 aromatic heterocycles. The fourth-order valence-corrected chi connectivity index (χ4v) is 2.35. The molecule has 0 unspecified atom stereocenters. The molecular weight excluding hydrogens is 236 g/mol. The first-order chi connectivity index (χ1) is 9.28. The molecule has 3 aromatic rings. The van der Waals surface area contributed by atoms with E-state index in [1.165, 1.54) is 11.1 Å². The van der Waals surface area contributed by atoms with Crippen LogP contribution in [-0.2, 0) is 13.2 Å². The predicted octanol–water partition coefficient (Wildman–Crippen LogP) is 2.89. The van der Waals surface area contributed by atoms with Gasteiger partial charge < -0.3 is 9.67 Å². The normalized spacial score (nSPS) is 11.1. The van der Waals surface area contributed by atoms with Gasteiger partial charge >= 0.3 is 0 Å². The van der Waals surface area contributed by atoms with E-state index in [2.05, 4.69) is 39.9 Å². The van der Waals surface area contributed by atoms with Gasteiger partial charge in [-0.15, -0.1) is 0 Å². The summed E-state index contributed by atoms with van der Waals surface area (Å²) in [6, 6.07) is 16.4. The number of fused-ring (bicyclic) bond motifs is 1. The molecule has 0 amide bonds. The number of hydrogen-bond donors (Lipinski definition) is 1. The molecule has 96 valence electrons. The highest BCUT2D eigenvalue weighted by atomic mass is 16.3. The van der Waals surface area contributed by atoms with E-state index in [1.807, 2.05) is 25.1 Å². The van der Waals surface area contributed by atoms with Crippen molar-refractivity contribution in [1.82, 2.24) is 9.55 Å². The molecule has 1 N–H and O–H groups in total. The first-order valence-corrected chi connectivity index (χ1v) is 6.38. The number of hydrogen-bond acceptors (Lipinski definition) is 2. The molecule has 2 aromatic carbocycles. The molecular formula is C16H16N2O. The summed E-state index contributed by atoms with van der Waals surface area (Å²) in [5.41, 5.74) is 4.40. The SMILES string of the molecule is Cc1ccc2c(c1)nc(CO)n2Cc1ccccc1. The van der Waals surface area contributed by atoms with Crippen LogP contribution in [0.5, 0.6) is 0 Å². The molecule has 0 atom stereocenters. The average Bonchev–Trinajstić information content (AvgIpc) is 2.77. The van der Waals surface area contributed by atoms with Crippen LogP contribution in [0, 0.1) is 6.92 Å². The molecule has 0 saturated heterocycles. The van der Waals surface area contributed by atoms with Crippen molar-refractivity contribution >= 4 is 11.0 Å². The van der Waals surface area contributed by atoms with Crippen molar-refractivity contribution in [3.05, 3.63) is 65.5 Å². The first kappa shape index (κ1) is 11.9. The van der Waals surface area contributed by atoms with Crippen LogP contribution in [0.2, 0.25) is 0 Å². The van der Waals surface area contributed by atoms with E-state index in [1.54, 1.807) is 0 Å². The lowest BCUT2D eigenvalue weighted by Crippen LogP contribution is -2.04. The molecule has 0 saturated carbocycles. The van der Waals surface area contributed by atoms with Gasteiger partial charge in [-0.3, -0.25) is 0 Å². The molecule has 0 aliphatic carbocycles. The lowest BCUT2D eigenvalue weighted by Gasteiger charge is -2.08. The smallest absolute Gasteiger partial charge is 0.136 e. The lowest BCUT2D eigenvalue weighted by atomic mass is 10.2. The van der Waals surface area contributed by atoms with Gasteiger partial charge in [-0.05, 0) is 30.2 Å². The molecule has 3 nitrogen and oxygen atoms in total. The minimum atomic E-state index is -0.0411. The van der Waals surface area contributed by atoms with Crippen LogP contribution in [0.25, 0.3) is 11.0 Å². The topological polar surface area (TPSA) is 38.1 Å². The Bertz CT molecular complexity index is 701. The minimum absolute atomic E-state index is 0.0411. The summed E-state index contributed by atoms with van der Waals surface area (Å²) in [5.74, 6) is 0.712. The third-order valence-electron chi connectivity index (χ3n) is 3.31. The molecule has 3 heteroatoms. The molecule has 0 spiro atoms. The summed E-state index contributed by atoms with van der Waals surface area (Å²) in [5, 5.41) is 9.48. The second kappa shape index (κ2) is 4.86. The first-order valence-electron chi connectivity index (χ1n) is 6.38. The highest BCUT2D eigenvalue weighted by Gasteiger charge is 2.10. The lowest BCUT2D eigenvalue weighted by molar-refractivity contribution is 0.267. The monoisotopic (exact) mass is 252 g/mol. The van der Waals surface area contributed by atoms with Crippen molar-refractivity contribution in [1.29, 1.82) is 0 Å². The summed E-state index contributed by atoms with van der Waals surface area (Å²) in [4.78, 5) is 4.50. The molecule has 0 radical (unpaired) electrons. The number of rotatable bonds is 3. The minimum Gasteiger partial charge on any atom is -0.388 e. The Labute approximate surface area is 112 Å². The van der Waals surface area contributed by atoms with Gasteiger partial charge in [0.2, 0.25) is 0 Å². The molecule has 19 heavy (non-hydrogen) atoms. The number of aliphatic hydroxyl groups is 1. The van der Waals surface area contributed by atoms with Crippen LogP contribution in [-0.4, -0.2) is 14.7 Å². The molecule has 0 aliphatic heterocycles. The van der Waals surface area contributed by atoms with E-state index in [9.17, 15) is 5.11 Å². The second-order valence-electron chi connectivity index (χ2n) is 4.75. The maximum atomic E-state index is 9.48. The second-order valence-corrected chi connectivity index (χ2v) is 4.75. The third-order valence-corrected chi connectivity index (χ3v) is 3.31. The van der Waals surface area contributed by atoms with Gasteiger partial charge in [0.25, 0.3) is 0 Å². The zero-order valence-corrected chi connectivity index (χ0v) is 10.9. The predicted molar refractivity (Wildman–Crippen MR) is 75.9 cm³/mol. The largest absolute Gasteiger partial charge is 0.388 e. The van der Waals surface area contributed by atoms with Crippen LogP contribution in [0.4, 0.5) is 0 Å². The van der Waals surface area contributed by atoms with Crippen LogP contribution < -0.4 is 0 Å². The number of benzene rings is 2. The summed E-state index contributed by atoms with van der Waals surface area (Å²) >= 11 is 0. The highest BCUT2D eigenvalue weighted by molar-refractivity contribution is 5.77. The molecule has 0 fully saturated rings. The Morgan fingerprint density at radius 3 is 2.63 bits per heavy atom. The highest BCUT2D eigenvalue weighted by Crippen LogP contribution is 2.19. The fourth-order valence-electron chi connectivity index (χ4n) is 2.35. The summed E-state index contributed by atoms with van der Waals surface area (Å²) in [6.07, 6.45) is 0. The van der Waals surface area contributed by atoms with Crippen molar-refractivity contribution in [3.63, 3.8) is 0 Å².